The van der Waals surface area contributed by atoms with Crippen molar-refractivity contribution in [2.75, 3.05) is 6.61 Å². The molecule has 7 nitrogen and oxygen atoms in total. The van der Waals surface area contributed by atoms with E-state index in [1.165, 1.54) is 12.3 Å². The molecule has 0 fully saturated rings. The van der Waals surface area contributed by atoms with Crippen molar-refractivity contribution in [3.05, 3.63) is 83.4 Å². The summed E-state index contributed by atoms with van der Waals surface area (Å²) in [6.45, 7) is 3.75. The molecule has 0 saturated carbocycles. The number of hydrogen-bond acceptors (Lipinski definition) is 6. The molecule has 0 aromatic heterocycles. The lowest BCUT2D eigenvalue weighted by Gasteiger charge is -2.09. The molecular formula is C23H22N4O3. The van der Waals surface area contributed by atoms with Gasteiger partial charge < -0.3 is 9.84 Å². The van der Waals surface area contributed by atoms with Gasteiger partial charge in [-0.3, -0.25) is 4.79 Å². The Hall–Kier alpha value is -4.00. The van der Waals surface area contributed by atoms with E-state index in [1.54, 1.807) is 12.1 Å². The van der Waals surface area contributed by atoms with Crippen molar-refractivity contribution in [3.8, 4) is 11.5 Å². The maximum Gasteiger partial charge on any atom is 0.277 e. The third-order valence-corrected chi connectivity index (χ3v) is 4.35. The molecule has 30 heavy (non-hydrogen) atoms. The minimum atomic E-state index is -0.411. The van der Waals surface area contributed by atoms with Gasteiger partial charge in [0.15, 0.2) is 6.61 Å². The van der Waals surface area contributed by atoms with E-state index in [2.05, 4.69) is 20.8 Å². The fraction of sp³-hybridized carbons (Fsp3) is 0.130. The summed E-state index contributed by atoms with van der Waals surface area (Å²) >= 11 is 0. The second-order valence-corrected chi connectivity index (χ2v) is 6.56. The van der Waals surface area contributed by atoms with Crippen LogP contribution in [0.25, 0.3) is 0 Å². The number of benzene rings is 3. The fourth-order valence-corrected chi connectivity index (χ4v) is 2.55. The van der Waals surface area contributed by atoms with Crippen molar-refractivity contribution in [1.29, 1.82) is 0 Å². The number of hydrazone groups is 1. The molecule has 0 aliphatic heterocycles. The Bertz CT molecular complexity index is 1080. The summed E-state index contributed by atoms with van der Waals surface area (Å²) in [5.74, 6) is 0.258. The summed E-state index contributed by atoms with van der Waals surface area (Å²) in [4.78, 5) is 12.0. The lowest BCUT2D eigenvalue weighted by molar-refractivity contribution is -0.123. The molecule has 152 valence electrons. The lowest BCUT2D eigenvalue weighted by Crippen LogP contribution is -2.24. The Balaban J connectivity index is 1.58. The Morgan fingerprint density at radius 2 is 1.77 bits per heavy atom. The van der Waals surface area contributed by atoms with Crippen LogP contribution in [0.5, 0.6) is 11.5 Å². The van der Waals surface area contributed by atoms with Gasteiger partial charge in [0.25, 0.3) is 5.91 Å². The van der Waals surface area contributed by atoms with E-state index >= 15 is 0 Å². The van der Waals surface area contributed by atoms with Crippen molar-refractivity contribution in [2.45, 2.75) is 13.8 Å². The molecule has 0 spiro atoms. The number of nitrogens with one attached hydrogen (secondary N) is 1. The van der Waals surface area contributed by atoms with E-state index in [0.717, 1.165) is 16.8 Å². The van der Waals surface area contributed by atoms with Crippen LogP contribution in [0, 0.1) is 13.8 Å². The van der Waals surface area contributed by atoms with E-state index in [0.29, 0.717) is 17.0 Å². The molecule has 3 aromatic carbocycles. The summed E-state index contributed by atoms with van der Waals surface area (Å²) in [5.41, 5.74) is 6.12. The zero-order valence-electron chi connectivity index (χ0n) is 16.7. The van der Waals surface area contributed by atoms with E-state index < -0.39 is 5.91 Å². The van der Waals surface area contributed by atoms with Gasteiger partial charge in [0.2, 0.25) is 0 Å². The molecule has 3 rings (SSSR count). The monoisotopic (exact) mass is 402 g/mol. The van der Waals surface area contributed by atoms with Gasteiger partial charge in [-0.25, -0.2) is 5.43 Å². The van der Waals surface area contributed by atoms with Crippen LogP contribution in [-0.2, 0) is 4.79 Å². The number of azo groups is 1. The quantitative estimate of drug-likeness (QED) is 0.332. The summed E-state index contributed by atoms with van der Waals surface area (Å²) in [5, 5.41) is 22.1. The summed E-state index contributed by atoms with van der Waals surface area (Å²) < 4.78 is 5.54. The topological polar surface area (TPSA) is 95.6 Å². The zero-order chi connectivity index (χ0) is 21.3. The summed E-state index contributed by atoms with van der Waals surface area (Å²) in [7, 11) is 0. The number of aryl methyl sites for hydroxylation is 1. The number of aromatic hydroxyl groups is 1. The van der Waals surface area contributed by atoms with Gasteiger partial charge >= 0.3 is 0 Å². The molecule has 7 heteroatoms. The SMILES string of the molecule is Cc1cccc(OCC(=O)N/N=C/c2cc(N=Nc3ccccc3)ccc2O)c1C. The number of ether oxygens (including phenoxy) is 1. The lowest BCUT2D eigenvalue weighted by atomic mass is 10.1. The predicted molar refractivity (Wildman–Crippen MR) is 116 cm³/mol. The smallest absolute Gasteiger partial charge is 0.277 e. The first-order valence-corrected chi connectivity index (χ1v) is 9.33. The number of phenolic OH excluding ortho intramolecular Hbond substituents is 1. The van der Waals surface area contributed by atoms with E-state index in [-0.39, 0.29) is 12.4 Å². The number of carbonyl (C=O) groups excluding carboxylic acids is 1. The Labute approximate surface area is 174 Å². The maximum absolute atomic E-state index is 12.0. The molecule has 0 unspecified atom stereocenters. The minimum absolute atomic E-state index is 0.0123. The van der Waals surface area contributed by atoms with Crippen molar-refractivity contribution >= 4 is 23.5 Å². The van der Waals surface area contributed by atoms with Gasteiger partial charge in [-0.05, 0) is 61.4 Å². The van der Waals surface area contributed by atoms with Gasteiger partial charge in [-0.15, -0.1) is 0 Å². The molecule has 0 aliphatic rings. The first kappa shape index (κ1) is 20.7. The van der Waals surface area contributed by atoms with Crippen LogP contribution in [0.2, 0.25) is 0 Å². The number of amides is 1. The second-order valence-electron chi connectivity index (χ2n) is 6.56. The van der Waals surface area contributed by atoms with Crippen LogP contribution in [0.4, 0.5) is 11.4 Å². The highest BCUT2D eigenvalue weighted by Gasteiger charge is 2.06. The summed E-state index contributed by atoms with van der Waals surface area (Å²) in [6, 6.07) is 19.7. The highest BCUT2D eigenvalue weighted by atomic mass is 16.5. The Morgan fingerprint density at radius 1 is 1.00 bits per heavy atom. The van der Waals surface area contributed by atoms with Crippen LogP contribution >= 0.6 is 0 Å². The highest BCUT2D eigenvalue weighted by molar-refractivity contribution is 5.86. The molecule has 1 amide bonds. The fourth-order valence-electron chi connectivity index (χ4n) is 2.55. The Kier molecular flexibility index (Phi) is 6.89. The van der Waals surface area contributed by atoms with Crippen molar-refractivity contribution in [2.24, 2.45) is 15.3 Å². The van der Waals surface area contributed by atoms with Crippen LogP contribution in [0.3, 0.4) is 0 Å². The van der Waals surface area contributed by atoms with Crippen molar-refractivity contribution < 1.29 is 14.6 Å². The standard InChI is InChI=1S/C23H22N4O3/c1-16-7-6-10-22(17(16)2)30-15-23(29)27-24-14-18-13-20(11-12-21(18)28)26-25-19-8-4-3-5-9-19/h3-14,28H,15H2,1-2H3,(H,27,29)/b24-14+,26-25?. The van der Waals surface area contributed by atoms with Gasteiger partial charge in [0.1, 0.15) is 11.5 Å². The number of hydrogen-bond donors (Lipinski definition) is 2. The molecule has 3 aromatic rings. The van der Waals surface area contributed by atoms with Crippen molar-refractivity contribution in [1.82, 2.24) is 5.43 Å². The van der Waals surface area contributed by atoms with Crippen molar-refractivity contribution in [3.63, 3.8) is 0 Å². The summed E-state index contributed by atoms with van der Waals surface area (Å²) in [6.07, 6.45) is 1.34. The van der Waals surface area contributed by atoms with Gasteiger partial charge in [-0.2, -0.15) is 15.3 Å². The number of carbonyl (C=O) groups is 1. The molecule has 0 bridgehead atoms. The first-order valence-electron chi connectivity index (χ1n) is 9.33. The molecule has 0 radical (unpaired) electrons. The number of rotatable bonds is 7. The predicted octanol–water partition coefficient (Wildman–Crippen LogP) is 4.95. The second kappa shape index (κ2) is 9.97. The van der Waals surface area contributed by atoms with Crippen LogP contribution in [0.15, 0.2) is 82.1 Å². The average Bonchev–Trinajstić information content (AvgIpc) is 2.76. The molecule has 2 N–H and O–H groups in total. The molecule has 0 atom stereocenters. The third-order valence-electron chi connectivity index (χ3n) is 4.35. The molecular weight excluding hydrogens is 380 g/mol. The van der Waals surface area contributed by atoms with Gasteiger partial charge in [0.05, 0.1) is 17.6 Å². The van der Waals surface area contributed by atoms with Gasteiger partial charge in [0, 0.05) is 5.56 Å². The molecule has 0 heterocycles. The number of phenols is 1. The third kappa shape index (κ3) is 5.75. The minimum Gasteiger partial charge on any atom is -0.507 e. The Morgan fingerprint density at radius 3 is 2.57 bits per heavy atom. The van der Waals surface area contributed by atoms with E-state index in [9.17, 15) is 9.90 Å². The molecule has 0 aliphatic carbocycles. The normalized spacial score (nSPS) is 11.1. The van der Waals surface area contributed by atoms with Crippen LogP contribution in [0.1, 0.15) is 16.7 Å². The average molecular weight is 402 g/mol. The van der Waals surface area contributed by atoms with Gasteiger partial charge in [-0.1, -0.05) is 30.3 Å². The molecule has 0 saturated heterocycles. The van der Waals surface area contributed by atoms with Crippen LogP contribution < -0.4 is 10.2 Å². The number of nitrogens with zero attached hydrogens (tertiary/aromatic N) is 3. The van der Waals surface area contributed by atoms with E-state index in [1.807, 2.05) is 62.4 Å². The zero-order valence-corrected chi connectivity index (χ0v) is 16.7. The maximum atomic E-state index is 12.0. The first-order chi connectivity index (χ1) is 14.5. The largest absolute Gasteiger partial charge is 0.507 e. The highest BCUT2D eigenvalue weighted by Crippen LogP contribution is 2.24. The van der Waals surface area contributed by atoms with E-state index in [4.69, 9.17) is 4.74 Å². The van der Waals surface area contributed by atoms with Crippen LogP contribution in [-0.4, -0.2) is 23.8 Å².